The van der Waals surface area contributed by atoms with E-state index in [2.05, 4.69) is 10.1 Å². The lowest BCUT2D eigenvalue weighted by Gasteiger charge is -2.09. The first-order valence-electron chi connectivity index (χ1n) is 9.31. The number of carbonyl (C=O) groups is 3. The first kappa shape index (κ1) is 23.3. The van der Waals surface area contributed by atoms with E-state index in [1.54, 1.807) is 0 Å². The van der Waals surface area contributed by atoms with Crippen molar-refractivity contribution in [3.63, 3.8) is 0 Å². The van der Waals surface area contributed by atoms with Gasteiger partial charge in [-0.2, -0.15) is 0 Å². The number of carbonyl (C=O) groups excluding carboxylic acids is 3. The Bertz CT molecular complexity index is 1040. The molecule has 164 valence electrons. The third-order valence-electron chi connectivity index (χ3n) is 4.13. The third kappa shape index (κ3) is 6.23. The minimum atomic E-state index is -1.04. The van der Waals surface area contributed by atoms with E-state index in [9.17, 15) is 29.3 Å². The number of pyridine rings is 1. The van der Waals surface area contributed by atoms with Crippen LogP contribution in [0, 0.1) is 10.1 Å². The molecule has 1 N–H and O–H groups in total. The molecule has 1 aromatic heterocycles. The van der Waals surface area contributed by atoms with Crippen molar-refractivity contribution in [1.29, 1.82) is 0 Å². The van der Waals surface area contributed by atoms with Crippen molar-refractivity contribution in [2.24, 2.45) is 0 Å². The molecule has 1 aromatic carbocycles. The Morgan fingerprint density at radius 2 is 1.81 bits per heavy atom. The zero-order valence-corrected chi connectivity index (χ0v) is 17.0. The molecule has 11 nitrogen and oxygen atoms in total. The number of aromatic nitrogens is 1. The van der Waals surface area contributed by atoms with E-state index in [4.69, 9.17) is 4.74 Å². The first-order valence-corrected chi connectivity index (χ1v) is 9.31. The molecule has 0 atom stereocenters. The summed E-state index contributed by atoms with van der Waals surface area (Å²) in [6, 6.07) is 6.69. The summed E-state index contributed by atoms with van der Waals surface area (Å²) in [7, 11) is 1.08. The summed E-state index contributed by atoms with van der Waals surface area (Å²) in [5.74, 6) is -2.04. The molecule has 0 saturated heterocycles. The number of nitrogens with zero attached hydrogens (tertiary/aromatic N) is 2. The second kappa shape index (κ2) is 10.7. The second-order valence-corrected chi connectivity index (χ2v) is 6.41. The van der Waals surface area contributed by atoms with Gasteiger partial charge in [0.1, 0.15) is 6.54 Å². The highest BCUT2D eigenvalue weighted by Crippen LogP contribution is 2.12. The van der Waals surface area contributed by atoms with Crippen LogP contribution in [0.1, 0.15) is 40.5 Å². The Balaban J connectivity index is 2.13. The molecule has 1 heterocycles. The SMILES string of the molecule is CCCCOC(=O)c1ccc(NC(=O)Cn2cc(C(=O)OC)cc([N+](=O)[O-])c2=O)cc1. The molecule has 31 heavy (non-hydrogen) atoms. The summed E-state index contributed by atoms with van der Waals surface area (Å²) in [5, 5.41) is 13.6. The maximum absolute atomic E-state index is 12.3. The molecular weight excluding hydrogens is 410 g/mol. The van der Waals surface area contributed by atoms with Crippen LogP contribution >= 0.6 is 0 Å². The average Bonchev–Trinajstić information content (AvgIpc) is 2.74. The average molecular weight is 431 g/mol. The van der Waals surface area contributed by atoms with E-state index in [-0.39, 0.29) is 5.56 Å². The van der Waals surface area contributed by atoms with Crippen molar-refractivity contribution in [2.45, 2.75) is 26.3 Å². The predicted octanol–water partition coefficient (Wildman–Crippen LogP) is 2.14. The molecular formula is C20H21N3O8. The van der Waals surface area contributed by atoms with Gasteiger partial charge in [-0.3, -0.25) is 24.3 Å². The summed E-state index contributed by atoms with van der Waals surface area (Å²) >= 11 is 0. The molecule has 1 amide bonds. The van der Waals surface area contributed by atoms with Crippen LogP contribution in [0.3, 0.4) is 0 Å². The van der Waals surface area contributed by atoms with E-state index in [0.717, 1.165) is 36.8 Å². The lowest BCUT2D eigenvalue weighted by molar-refractivity contribution is -0.386. The number of methoxy groups -OCH3 is 1. The van der Waals surface area contributed by atoms with Crippen LogP contribution in [0.2, 0.25) is 0 Å². The summed E-state index contributed by atoms with van der Waals surface area (Å²) in [6.45, 7) is 1.72. The van der Waals surface area contributed by atoms with Crippen molar-refractivity contribution in [2.75, 3.05) is 19.0 Å². The number of anilines is 1. The predicted molar refractivity (Wildman–Crippen MR) is 109 cm³/mol. The summed E-state index contributed by atoms with van der Waals surface area (Å²) < 4.78 is 10.4. The highest BCUT2D eigenvalue weighted by atomic mass is 16.6. The fourth-order valence-electron chi connectivity index (χ4n) is 2.54. The number of amides is 1. The van der Waals surface area contributed by atoms with Gasteiger partial charge in [-0.15, -0.1) is 0 Å². The maximum atomic E-state index is 12.3. The van der Waals surface area contributed by atoms with Crippen molar-refractivity contribution in [3.05, 3.63) is 68.1 Å². The molecule has 0 bridgehead atoms. The fourth-order valence-corrected chi connectivity index (χ4v) is 2.54. The molecule has 0 aliphatic carbocycles. The zero-order chi connectivity index (χ0) is 23.0. The summed E-state index contributed by atoms with van der Waals surface area (Å²) in [5.41, 5.74) is -1.50. The number of esters is 2. The Kier molecular flexibility index (Phi) is 8.01. The molecule has 11 heteroatoms. The van der Waals surface area contributed by atoms with Crippen molar-refractivity contribution < 1.29 is 28.8 Å². The molecule has 0 aliphatic rings. The van der Waals surface area contributed by atoms with Crippen LogP contribution in [0.4, 0.5) is 11.4 Å². The molecule has 0 radical (unpaired) electrons. The van der Waals surface area contributed by atoms with Crippen LogP contribution in [-0.4, -0.2) is 41.1 Å². The largest absolute Gasteiger partial charge is 0.465 e. The van der Waals surface area contributed by atoms with E-state index in [1.165, 1.54) is 24.3 Å². The third-order valence-corrected chi connectivity index (χ3v) is 4.13. The van der Waals surface area contributed by atoms with E-state index in [1.807, 2.05) is 6.92 Å². The van der Waals surface area contributed by atoms with Gasteiger partial charge in [0.25, 0.3) is 0 Å². The van der Waals surface area contributed by atoms with Gasteiger partial charge in [0.2, 0.25) is 5.91 Å². The van der Waals surface area contributed by atoms with Gasteiger partial charge in [-0.1, -0.05) is 13.3 Å². The fraction of sp³-hybridized carbons (Fsp3) is 0.300. The zero-order valence-electron chi connectivity index (χ0n) is 17.0. The summed E-state index contributed by atoms with van der Waals surface area (Å²) in [4.78, 5) is 58.3. The quantitative estimate of drug-likeness (QED) is 0.275. The Hall–Kier alpha value is -4.02. The van der Waals surface area contributed by atoms with Crippen molar-refractivity contribution in [3.8, 4) is 0 Å². The van der Waals surface area contributed by atoms with Crippen LogP contribution in [-0.2, 0) is 20.8 Å². The van der Waals surface area contributed by atoms with E-state index < -0.39 is 40.6 Å². The number of nitrogens with one attached hydrogen (secondary N) is 1. The molecule has 2 aromatic rings. The monoisotopic (exact) mass is 431 g/mol. The smallest absolute Gasteiger partial charge is 0.339 e. The van der Waals surface area contributed by atoms with Gasteiger partial charge in [-0.25, -0.2) is 9.59 Å². The molecule has 0 saturated carbocycles. The Morgan fingerprint density at radius 1 is 1.13 bits per heavy atom. The summed E-state index contributed by atoms with van der Waals surface area (Å²) in [6.07, 6.45) is 2.66. The van der Waals surface area contributed by atoms with Crippen LogP contribution in [0.25, 0.3) is 0 Å². The maximum Gasteiger partial charge on any atom is 0.339 e. The topological polar surface area (TPSA) is 147 Å². The number of hydrogen-bond acceptors (Lipinski definition) is 8. The number of benzene rings is 1. The van der Waals surface area contributed by atoms with E-state index in [0.29, 0.717) is 17.9 Å². The van der Waals surface area contributed by atoms with Crippen molar-refractivity contribution >= 4 is 29.2 Å². The van der Waals surface area contributed by atoms with Crippen molar-refractivity contribution in [1.82, 2.24) is 4.57 Å². The number of rotatable bonds is 9. The molecule has 2 rings (SSSR count). The Labute approximate surface area is 176 Å². The van der Waals surface area contributed by atoms with Gasteiger partial charge >= 0.3 is 23.2 Å². The molecule has 0 spiro atoms. The molecule has 0 aliphatic heterocycles. The number of hydrogen-bond donors (Lipinski definition) is 1. The lowest BCUT2D eigenvalue weighted by atomic mass is 10.2. The Morgan fingerprint density at radius 3 is 2.39 bits per heavy atom. The van der Waals surface area contributed by atoms with Crippen LogP contribution in [0.15, 0.2) is 41.3 Å². The molecule has 0 unspecified atom stereocenters. The van der Waals surface area contributed by atoms with Crippen LogP contribution in [0.5, 0.6) is 0 Å². The highest BCUT2D eigenvalue weighted by molar-refractivity contribution is 5.93. The standard InChI is InChI=1S/C20H21N3O8/c1-3-4-9-31-20(27)13-5-7-15(8-6-13)21-17(24)12-22-11-14(19(26)30-2)10-16(18(22)25)23(28)29/h5-8,10-11H,3-4,9,12H2,1-2H3,(H,21,24). The molecule has 0 fully saturated rings. The number of unbranched alkanes of at least 4 members (excludes halogenated alkanes) is 1. The van der Waals surface area contributed by atoms with Gasteiger partial charge in [0, 0.05) is 18.0 Å². The van der Waals surface area contributed by atoms with E-state index >= 15 is 0 Å². The highest BCUT2D eigenvalue weighted by Gasteiger charge is 2.21. The minimum Gasteiger partial charge on any atom is -0.465 e. The number of ether oxygens (including phenoxy) is 2. The minimum absolute atomic E-state index is 0.243. The first-order chi connectivity index (χ1) is 14.8. The van der Waals surface area contributed by atoms with Gasteiger partial charge < -0.3 is 14.8 Å². The van der Waals surface area contributed by atoms with Crippen LogP contribution < -0.4 is 10.9 Å². The van der Waals surface area contributed by atoms with Gasteiger partial charge in [0.05, 0.1) is 29.8 Å². The van der Waals surface area contributed by atoms with Gasteiger partial charge in [0.15, 0.2) is 0 Å². The second-order valence-electron chi connectivity index (χ2n) is 6.41. The normalized spacial score (nSPS) is 10.3. The number of nitro groups is 1. The van der Waals surface area contributed by atoms with Gasteiger partial charge in [-0.05, 0) is 30.7 Å². The lowest BCUT2D eigenvalue weighted by Crippen LogP contribution is -2.29.